The van der Waals surface area contributed by atoms with Crippen molar-refractivity contribution in [2.75, 3.05) is 4.72 Å². The zero-order chi connectivity index (χ0) is 15.6. The zero-order valence-corrected chi connectivity index (χ0v) is 10.4. The second-order valence-corrected chi connectivity index (χ2v) is 5.19. The van der Waals surface area contributed by atoms with E-state index in [0.29, 0.717) is 0 Å². The highest BCUT2D eigenvalue weighted by atomic mass is 32.2. The van der Waals surface area contributed by atoms with Crippen molar-refractivity contribution in [1.29, 1.82) is 0 Å². The summed E-state index contributed by atoms with van der Waals surface area (Å²) in [5, 5.41) is -5.72. The third kappa shape index (κ3) is 3.18. The van der Waals surface area contributed by atoms with Crippen LogP contribution in [0.1, 0.15) is 0 Å². The lowest BCUT2D eigenvalue weighted by atomic mass is 10.3. The Bertz CT molecular complexity index is 588. The van der Waals surface area contributed by atoms with Crippen LogP contribution in [0.15, 0.2) is 42.9 Å². The lowest BCUT2D eigenvalue weighted by molar-refractivity contribution is -0.306. The standard InChI is InChI=1S/C10H8F5NO3S/c1-7(11)19-9(12,13)10(14,15)20(17,18)16-8-5-3-2-4-6-8/h2-6,16H,1H2. The number of para-hydroxylation sites is 1. The Labute approximate surface area is 110 Å². The summed E-state index contributed by atoms with van der Waals surface area (Å²) in [5.41, 5.74) is -0.373. The van der Waals surface area contributed by atoms with Crippen LogP contribution in [0.5, 0.6) is 0 Å². The number of rotatable bonds is 6. The molecule has 0 aliphatic rings. The van der Waals surface area contributed by atoms with Gasteiger partial charge in [0.05, 0.1) is 0 Å². The van der Waals surface area contributed by atoms with Crippen molar-refractivity contribution in [1.82, 2.24) is 0 Å². The first-order valence-electron chi connectivity index (χ1n) is 4.86. The number of nitrogens with one attached hydrogen (secondary N) is 1. The fourth-order valence-corrected chi connectivity index (χ4v) is 2.01. The van der Waals surface area contributed by atoms with E-state index in [0.717, 1.165) is 12.1 Å². The SMILES string of the molecule is C=C(F)OC(F)(F)C(F)(F)S(=O)(=O)Nc1ccccc1. The highest BCUT2D eigenvalue weighted by Gasteiger charge is 2.69. The first-order chi connectivity index (χ1) is 8.99. The third-order valence-corrected chi connectivity index (χ3v) is 3.36. The van der Waals surface area contributed by atoms with Gasteiger partial charge in [-0.15, -0.1) is 0 Å². The molecule has 0 bridgehead atoms. The summed E-state index contributed by atoms with van der Waals surface area (Å²) in [6.45, 7) is 2.20. The van der Waals surface area contributed by atoms with Crippen molar-refractivity contribution in [2.45, 2.75) is 11.4 Å². The maximum Gasteiger partial charge on any atom is 0.484 e. The highest BCUT2D eigenvalue weighted by molar-refractivity contribution is 7.93. The number of anilines is 1. The molecule has 1 aromatic rings. The number of alkyl halides is 4. The number of sulfonamides is 1. The van der Waals surface area contributed by atoms with Crippen LogP contribution in [0.25, 0.3) is 0 Å². The molecule has 1 N–H and O–H groups in total. The van der Waals surface area contributed by atoms with Crippen molar-refractivity contribution < 1.29 is 35.1 Å². The predicted octanol–water partition coefficient (Wildman–Crippen LogP) is 3.07. The van der Waals surface area contributed by atoms with E-state index >= 15 is 0 Å². The van der Waals surface area contributed by atoms with E-state index in [9.17, 15) is 30.4 Å². The summed E-state index contributed by atoms with van der Waals surface area (Å²) >= 11 is 0. The Kier molecular flexibility index (Phi) is 4.27. The topological polar surface area (TPSA) is 55.4 Å². The van der Waals surface area contributed by atoms with Crippen molar-refractivity contribution in [2.24, 2.45) is 0 Å². The Hall–Kier alpha value is -1.84. The third-order valence-electron chi connectivity index (χ3n) is 1.94. The molecule has 0 radical (unpaired) electrons. The Morgan fingerprint density at radius 2 is 1.65 bits per heavy atom. The molecule has 0 saturated carbocycles. The van der Waals surface area contributed by atoms with Gasteiger partial charge in [-0.1, -0.05) is 18.2 Å². The molecular weight excluding hydrogens is 309 g/mol. The maximum atomic E-state index is 13.3. The fourth-order valence-electron chi connectivity index (χ4n) is 1.08. The van der Waals surface area contributed by atoms with Gasteiger partial charge in [-0.2, -0.15) is 30.4 Å². The van der Waals surface area contributed by atoms with Gasteiger partial charge < -0.3 is 4.74 Å². The molecule has 10 heteroatoms. The first-order valence-corrected chi connectivity index (χ1v) is 6.34. The van der Waals surface area contributed by atoms with Crippen LogP contribution in [-0.4, -0.2) is 19.8 Å². The minimum absolute atomic E-state index is 0.373. The van der Waals surface area contributed by atoms with Crippen LogP contribution in [0.2, 0.25) is 0 Å². The predicted molar refractivity (Wildman–Crippen MR) is 60.2 cm³/mol. The molecule has 1 aromatic carbocycles. The molecule has 0 unspecified atom stereocenters. The van der Waals surface area contributed by atoms with Crippen LogP contribution in [-0.2, 0) is 14.8 Å². The molecular formula is C10H8F5NO3S. The van der Waals surface area contributed by atoms with E-state index in [4.69, 9.17) is 0 Å². The average Bonchev–Trinajstić information content (AvgIpc) is 2.27. The monoisotopic (exact) mass is 317 g/mol. The molecule has 0 spiro atoms. The number of benzene rings is 1. The van der Waals surface area contributed by atoms with E-state index in [1.165, 1.54) is 22.9 Å². The quantitative estimate of drug-likeness (QED) is 0.648. The Morgan fingerprint density at radius 1 is 1.15 bits per heavy atom. The van der Waals surface area contributed by atoms with E-state index in [-0.39, 0.29) is 5.69 Å². The molecule has 1 rings (SSSR count). The van der Waals surface area contributed by atoms with Gasteiger partial charge in [0.15, 0.2) is 0 Å². The van der Waals surface area contributed by atoms with Crippen molar-refractivity contribution in [3.8, 4) is 0 Å². The second-order valence-electron chi connectivity index (χ2n) is 3.46. The molecule has 0 atom stereocenters. The van der Waals surface area contributed by atoms with Gasteiger partial charge in [-0.05, 0) is 18.7 Å². The highest BCUT2D eigenvalue weighted by Crippen LogP contribution is 2.41. The number of ether oxygens (including phenoxy) is 1. The van der Waals surface area contributed by atoms with Crippen LogP contribution >= 0.6 is 0 Å². The summed E-state index contributed by atoms with van der Waals surface area (Å²) in [4.78, 5) is 0. The molecule has 0 aliphatic carbocycles. The largest absolute Gasteiger partial charge is 0.484 e. The minimum atomic E-state index is -5.88. The summed E-state index contributed by atoms with van der Waals surface area (Å²) in [6, 6.07) is 3.88. The van der Waals surface area contributed by atoms with Crippen molar-refractivity contribution in [3.63, 3.8) is 0 Å². The van der Waals surface area contributed by atoms with Gasteiger partial charge in [-0.3, -0.25) is 4.72 Å². The molecule has 0 fully saturated rings. The fraction of sp³-hybridized carbons (Fsp3) is 0.200. The molecule has 0 aliphatic heterocycles. The zero-order valence-electron chi connectivity index (χ0n) is 9.62. The summed E-state index contributed by atoms with van der Waals surface area (Å²) < 4.78 is 91.3. The van der Waals surface area contributed by atoms with E-state index < -0.39 is 27.4 Å². The van der Waals surface area contributed by atoms with Gasteiger partial charge in [0.25, 0.3) is 6.01 Å². The minimum Gasteiger partial charge on any atom is -0.401 e. The molecule has 0 amide bonds. The number of halogens is 5. The molecule has 4 nitrogen and oxygen atoms in total. The number of hydrogen-bond donors (Lipinski definition) is 1. The van der Waals surface area contributed by atoms with E-state index in [2.05, 4.69) is 11.3 Å². The first kappa shape index (κ1) is 16.2. The smallest absolute Gasteiger partial charge is 0.401 e. The Balaban J connectivity index is 3.09. The van der Waals surface area contributed by atoms with Gasteiger partial charge in [0.2, 0.25) is 0 Å². The second kappa shape index (κ2) is 5.27. The average molecular weight is 317 g/mol. The van der Waals surface area contributed by atoms with Crippen LogP contribution in [0.3, 0.4) is 0 Å². The van der Waals surface area contributed by atoms with Gasteiger partial charge in [0.1, 0.15) is 0 Å². The number of hydrogen-bond acceptors (Lipinski definition) is 3. The molecule has 20 heavy (non-hydrogen) atoms. The van der Waals surface area contributed by atoms with E-state index in [1.54, 1.807) is 0 Å². The molecule has 112 valence electrons. The molecule has 0 saturated heterocycles. The van der Waals surface area contributed by atoms with Crippen LogP contribution < -0.4 is 4.72 Å². The van der Waals surface area contributed by atoms with Crippen molar-refractivity contribution >= 4 is 15.7 Å². The lowest BCUT2D eigenvalue weighted by Gasteiger charge is -2.25. The maximum absolute atomic E-state index is 13.3. The van der Waals surface area contributed by atoms with Gasteiger partial charge >= 0.3 is 21.4 Å². The van der Waals surface area contributed by atoms with Gasteiger partial charge in [-0.25, -0.2) is 0 Å². The van der Waals surface area contributed by atoms with Crippen LogP contribution in [0, 0.1) is 0 Å². The Morgan fingerprint density at radius 3 is 2.10 bits per heavy atom. The lowest BCUT2D eigenvalue weighted by Crippen LogP contribution is -2.50. The summed E-state index contributed by atoms with van der Waals surface area (Å²) in [7, 11) is -5.88. The summed E-state index contributed by atoms with van der Waals surface area (Å²) in [5.74, 6) is 0. The van der Waals surface area contributed by atoms with E-state index in [1.807, 2.05) is 0 Å². The normalized spacial score (nSPS) is 12.8. The summed E-state index contributed by atoms with van der Waals surface area (Å²) in [6.07, 6.45) is -5.63. The molecule has 0 aromatic heterocycles. The molecule has 0 heterocycles. The van der Waals surface area contributed by atoms with Crippen molar-refractivity contribution in [3.05, 3.63) is 42.9 Å². The van der Waals surface area contributed by atoms with Gasteiger partial charge in [0, 0.05) is 5.69 Å². The van der Waals surface area contributed by atoms with Crippen LogP contribution in [0.4, 0.5) is 27.6 Å².